The van der Waals surface area contributed by atoms with Crippen LogP contribution < -0.4 is 0 Å². The highest BCUT2D eigenvalue weighted by atomic mass is 16.7. The van der Waals surface area contributed by atoms with Crippen LogP contribution in [0.1, 0.15) is 13.8 Å². The molecule has 1 saturated heterocycles. The number of aliphatic hydroxyl groups excluding tert-OH is 3. The van der Waals surface area contributed by atoms with Gasteiger partial charge in [-0.15, -0.1) is 0 Å². The summed E-state index contributed by atoms with van der Waals surface area (Å²) in [7, 11) is 0. The first-order valence-corrected chi connectivity index (χ1v) is 5.33. The zero-order valence-corrected chi connectivity index (χ0v) is 9.98. The summed E-state index contributed by atoms with van der Waals surface area (Å²) in [6.45, 7) is 1.62. The molecular weight excluding hydrogens is 248 g/mol. The zero-order chi connectivity index (χ0) is 13.9. The Kier molecular flexibility index (Phi) is 5.03. The summed E-state index contributed by atoms with van der Waals surface area (Å²) in [5.74, 6) is -1.45. The maximum atomic E-state index is 10.9. The minimum Gasteiger partial charge on any atom is -0.455 e. The first-order valence-electron chi connectivity index (χ1n) is 5.33. The molecule has 0 amide bonds. The summed E-state index contributed by atoms with van der Waals surface area (Å²) in [5, 5.41) is 28.4. The van der Waals surface area contributed by atoms with E-state index in [1.165, 1.54) is 0 Å². The predicted octanol–water partition coefficient (Wildman–Crippen LogP) is -2.08. The molecule has 1 aliphatic rings. The van der Waals surface area contributed by atoms with Crippen molar-refractivity contribution in [1.82, 2.24) is 0 Å². The highest BCUT2D eigenvalue weighted by Crippen LogP contribution is 2.24. The molecule has 8 heteroatoms. The summed E-state index contributed by atoms with van der Waals surface area (Å²) in [4.78, 5) is 21.8. The second-order valence-electron chi connectivity index (χ2n) is 3.89. The molecule has 2 unspecified atom stereocenters. The van der Waals surface area contributed by atoms with Gasteiger partial charge in [-0.3, -0.25) is 9.59 Å². The average Bonchev–Trinajstić information content (AvgIpc) is 2.27. The lowest BCUT2D eigenvalue weighted by atomic mass is 9.99. The van der Waals surface area contributed by atoms with Gasteiger partial charge in [0.15, 0.2) is 18.5 Å². The molecule has 0 aromatic rings. The maximum Gasteiger partial charge on any atom is 0.303 e. The molecule has 1 fully saturated rings. The molecular formula is C10H16O8. The fourth-order valence-electron chi connectivity index (χ4n) is 1.70. The Bertz CT molecular complexity index is 317. The second-order valence-corrected chi connectivity index (χ2v) is 3.89. The van der Waals surface area contributed by atoms with Crippen LogP contribution in [0.15, 0.2) is 0 Å². The molecule has 1 aliphatic heterocycles. The van der Waals surface area contributed by atoms with Crippen LogP contribution in [0.3, 0.4) is 0 Å². The Morgan fingerprint density at radius 1 is 1.11 bits per heavy atom. The van der Waals surface area contributed by atoms with Crippen molar-refractivity contribution in [3.8, 4) is 0 Å². The second kappa shape index (κ2) is 6.10. The molecule has 0 radical (unpaired) electrons. The van der Waals surface area contributed by atoms with Gasteiger partial charge in [0.1, 0.15) is 12.2 Å². The molecule has 5 atom stereocenters. The van der Waals surface area contributed by atoms with Crippen LogP contribution in [0.2, 0.25) is 0 Å². The van der Waals surface area contributed by atoms with Crippen molar-refractivity contribution < 1.29 is 39.1 Å². The number of ether oxygens (including phenoxy) is 3. The first kappa shape index (κ1) is 14.8. The Morgan fingerprint density at radius 2 is 1.61 bits per heavy atom. The van der Waals surface area contributed by atoms with Crippen LogP contribution in [0, 0.1) is 0 Å². The molecule has 0 saturated carbocycles. The van der Waals surface area contributed by atoms with E-state index in [0.29, 0.717) is 0 Å². The third-order valence-corrected chi connectivity index (χ3v) is 2.42. The van der Waals surface area contributed by atoms with E-state index in [1.54, 1.807) is 0 Å². The molecule has 0 aromatic carbocycles. The normalized spacial score (nSPS) is 35.9. The molecule has 0 spiro atoms. The Labute approximate surface area is 103 Å². The van der Waals surface area contributed by atoms with Gasteiger partial charge < -0.3 is 29.5 Å². The van der Waals surface area contributed by atoms with Crippen LogP contribution >= 0.6 is 0 Å². The Morgan fingerprint density at radius 3 is 2.06 bits per heavy atom. The smallest absolute Gasteiger partial charge is 0.303 e. The number of hydrogen-bond donors (Lipinski definition) is 3. The lowest BCUT2D eigenvalue weighted by Gasteiger charge is -2.40. The van der Waals surface area contributed by atoms with Gasteiger partial charge in [-0.2, -0.15) is 0 Å². The van der Waals surface area contributed by atoms with Crippen molar-refractivity contribution in [3.63, 3.8) is 0 Å². The molecule has 0 aliphatic carbocycles. The number of aliphatic hydroxyl groups is 3. The van der Waals surface area contributed by atoms with Crippen molar-refractivity contribution in [2.75, 3.05) is 6.61 Å². The Hall–Kier alpha value is -1.22. The van der Waals surface area contributed by atoms with E-state index in [4.69, 9.17) is 19.3 Å². The first-order chi connectivity index (χ1) is 8.36. The molecule has 8 nitrogen and oxygen atoms in total. The van der Waals surface area contributed by atoms with Gasteiger partial charge in [0.25, 0.3) is 0 Å². The lowest BCUT2D eigenvalue weighted by molar-refractivity contribution is -0.293. The van der Waals surface area contributed by atoms with Gasteiger partial charge in [-0.05, 0) is 0 Å². The molecule has 3 N–H and O–H groups in total. The van der Waals surface area contributed by atoms with Crippen molar-refractivity contribution in [2.45, 2.75) is 44.6 Å². The SMILES string of the molecule is CC(=O)OC1[C@H](O)OC(CO)[C@H](O)[C@H]1OC(C)=O. The van der Waals surface area contributed by atoms with Gasteiger partial charge in [0.2, 0.25) is 0 Å². The average molecular weight is 264 g/mol. The van der Waals surface area contributed by atoms with Crippen molar-refractivity contribution >= 4 is 11.9 Å². The molecule has 1 rings (SSSR count). The minimum absolute atomic E-state index is 0.581. The molecule has 1 heterocycles. The predicted molar refractivity (Wildman–Crippen MR) is 55.1 cm³/mol. The van der Waals surface area contributed by atoms with Gasteiger partial charge in [0.05, 0.1) is 6.61 Å². The summed E-state index contributed by atoms with van der Waals surface area (Å²) >= 11 is 0. The van der Waals surface area contributed by atoms with E-state index >= 15 is 0 Å². The van der Waals surface area contributed by atoms with Gasteiger partial charge in [0, 0.05) is 13.8 Å². The molecule has 18 heavy (non-hydrogen) atoms. The maximum absolute atomic E-state index is 10.9. The van der Waals surface area contributed by atoms with Crippen molar-refractivity contribution in [3.05, 3.63) is 0 Å². The van der Waals surface area contributed by atoms with E-state index in [1.807, 2.05) is 0 Å². The Balaban J connectivity index is 2.89. The highest BCUT2D eigenvalue weighted by Gasteiger charge is 2.48. The van der Waals surface area contributed by atoms with Crippen LogP contribution in [0.4, 0.5) is 0 Å². The minimum atomic E-state index is -1.60. The van der Waals surface area contributed by atoms with Crippen molar-refractivity contribution in [1.29, 1.82) is 0 Å². The third-order valence-electron chi connectivity index (χ3n) is 2.42. The summed E-state index contributed by atoms with van der Waals surface area (Å²) in [5.41, 5.74) is 0. The fraction of sp³-hybridized carbons (Fsp3) is 0.800. The van der Waals surface area contributed by atoms with E-state index in [9.17, 15) is 19.8 Å². The molecule has 0 aromatic heterocycles. The van der Waals surface area contributed by atoms with Crippen molar-refractivity contribution in [2.24, 2.45) is 0 Å². The van der Waals surface area contributed by atoms with E-state index in [0.717, 1.165) is 13.8 Å². The van der Waals surface area contributed by atoms with Gasteiger partial charge in [-0.25, -0.2) is 0 Å². The number of hydrogen-bond acceptors (Lipinski definition) is 8. The highest BCUT2D eigenvalue weighted by molar-refractivity contribution is 5.67. The van der Waals surface area contributed by atoms with Crippen LogP contribution in [-0.4, -0.2) is 64.6 Å². The number of carbonyl (C=O) groups excluding carboxylic acids is 2. The quantitative estimate of drug-likeness (QED) is 0.496. The topological polar surface area (TPSA) is 123 Å². The zero-order valence-electron chi connectivity index (χ0n) is 9.98. The van der Waals surface area contributed by atoms with E-state index in [-0.39, 0.29) is 0 Å². The monoisotopic (exact) mass is 264 g/mol. The molecule has 0 bridgehead atoms. The standard InChI is InChI=1S/C10H16O8/c1-4(12)16-8-7(14)6(3-11)18-10(15)9(8)17-5(2)13/h6-11,14-15H,3H2,1-2H3/t6?,7-,8+,9?,10+/m0/s1. The number of carbonyl (C=O) groups is 2. The van der Waals surface area contributed by atoms with Gasteiger partial charge >= 0.3 is 11.9 Å². The lowest BCUT2D eigenvalue weighted by Crippen LogP contribution is -2.60. The summed E-state index contributed by atoms with van der Waals surface area (Å²) in [6.07, 6.45) is -6.78. The number of esters is 2. The van der Waals surface area contributed by atoms with Crippen LogP contribution in [0.25, 0.3) is 0 Å². The third kappa shape index (κ3) is 3.39. The summed E-state index contributed by atoms with van der Waals surface area (Å²) in [6, 6.07) is 0. The van der Waals surface area contributed by atoms with Crippen LogP contribution in [0.5, 0.6) is 0 Å². The van der Waals surface area contributed by atoms with E-state index in [2.05, 4.69) is 0 Å². The van der Waals surface area contributed by atoms with E-state index < -0.39 is 49.3 Å². The largest absolute Gasteiger partial charge is 0.455 e. The summed E-state index contributed by atoms with van der Waals surface area (Å²) < 4.78 is 14.4. The van der Waals surface area contributed by atoms with Crippen LogP contribution in [-0.2, 0) is 23.8 Å². The van der Waals surface area contributed by atoms with Gasteiger partial charge in [-0.1, -0.05) is 0 Å². The molecule has 104 valence electrons. The number of rotatable bonds is 3. The fourth-order valence-corrected chi connectivity index (χ4v) is 1.70.